The maximum atomic E-state index is 12.4. The van der Waals surface area contributed by atoms with E-state index in [1.54, 1.807) is 11.4 Å². The Morgan fingerprint density at radius 1 is 1.37 bits per heavy atom. The van der Waals surface area contributed by atoms with E-state index in [1.165, 1.54) is 0 Å². The van der Waals surface area contributed by atoms with Crippen molar-refractivity contribution in [3.8, 4) is 0 Å². The summed E-state index contributed by atoms with van der Waals surface area (Å²) in [6, 6.07) is 0. The molecule has 0 unspecified atom stereocenters. The highest BCUT2D eigenvalue weighted by molar-refractivity contribution is 7.90. The molecule has 3 rings (SSSR count). The normalized spacial score (nSPS) is 37.0. The largest absolute Gasteiger partial charge is 0.384 e. The first kappa shape index (κ1) is 13.8. The zero-order chi connectivity index (χ0) is 13.5. The lowest BCUT2D eigenvalue weighted by molar-refractivity contribution is -0.123. The molecule has 1 heterocycles. The van der Waals surface area contributed by atoms with E-state index >= 15 is 0 Å². The van der Waals surface area contributed by atoms with Crippen molar-refractivity contribution in [2.24, 2.45) is 5.92 Å². The average molecular weight is 289 g/mol. The zero-order valence-corrected chi connectivity index (χ0v) is 12.3. The van der Waals surface area contributed by atoms with Crippen molar-refractivity contribution < 1.29 is 17.9 Å². The van der Waals surface area contributed by atoms with Crippen molar-refractivity contribution in [3.63, 3.8) is 0 Å². The summed E-state index contributed by atoms with van der Waals surface area (Å²) in [6.45, 7) is 2.23. The lowest BCUT2D eigenvalue weighted by Gasteiger charge is -2.43. The van der Waals surface area contributed by atoms with E-state index in [0.29, 0.717) is 32.2 Å². The van der Waals surface area contributed by atoms with E-state index in [0.717, 1.165) is 32.1 Å². The van der Waals surface area contributed by atoms with E-state index in [-0.39, 0.29) is 10.9 Å². The summed E-state index contributed by atoms with van der Waals surface area (Å²) in [6.07, 6.45) is 4.79. The number of methoxy groups -OCH3 is 1. The van der Waals surface area contributed by atoms with Gasteiger partial charge in [-0.25, -0.2) is 8.42 Å². The van der Waals surface area contributed by atoms with Crippen molar-refractivity contribution in [2.45, 2.75) is 43.0 Å². The van der Waals surface area contributed by atoms with Crippen LogP contribution in [-0.4, -0.2) is 57.0 Å². The molecule has 110 valence electrons. The second-order valence-corrected chi connectivity index (χ2v) is 8.25. The summed E-state index contributed by atoms with van der Waals surface area (Å²) in [5, 5.41) is -0.120. The summed E-state index contributed by atoms with van der Waals surface area (Å²) < 4.78 is 37.8. The molecule has 0 aromatic rings. The van der Waals surface area contributed by atoms with Crippen LogP contribution in [0.25, 0.3) is 0 Å². The molecular weight excluding hydrogens is 266 g/mol. The van der Waals surface area contributed by atoms with Crippen molar-refractivity contribution in [3.05, 3.63) is 0 Å². The molecule has 2 aliphatic carbocycles. The minimum atomic E-state index is -3.08. The molecule has 3 fully saturated rings. The Kier molecular flexibility index (Phi) is 3.62. The van der Waals surface area contributed by atoms with Gasteiger partial charge in [-0.3, -0.25) is 0 Å². The molecule has 0 aromatic carbocycles. The number of ether oxygens (including phenoxy) is 2. The third kappa shape index (κ3) is 2.44. The lowest BCUT2D eigenvalue weighted by atomic mass is 9.90. The van der Waals surface area contributed by atoms with Gasteiger partial charge in [0.1, 0.15) is 0 Å². The SMILES string of the molecule is COC[C@@H]1CCC[C@@]12CN(S(=O)(=O)C1CC1)CCO2. The first-order valence-corrected chi connectivity index (χ1v) is 8.71. The number of nitrogens with zero attached hydrogens (tertiary/aromatic N) is 1. The molecule has 19 heavy (non-hydrogen) atoms. The number of hydrogen-bond donors (Lipinski definition) is 0. The minimum Gasteiger partial charge on any atom is -0.384 e. The quantitative estimate of drug-likeness (QED) is 0.774. The van der Waals surface area contributed by atoms with E-state index in [2.05, 4.69) is 0 Å². The van der Waals surface area contributed by atoms with Crippen LogP contribution in [0.4, 0.5) is 0 Å². The van der Waals surface area contributed by atoms with Gasteiger partial charge in [-0.15, -0.1) is 0 Å². The molecule has 0 bridgehead atoms. The number of morpholine rings is 1. The highest BCUT2D eigenvalue weighted by Crippen LogP contribution is 2.43. The van der Waals surface area contributed by atoms with Crippen LogP contribution >= 0.6 is 0 Å². The standard InChI is InChI=1S/C13H23NO4S/c1-17-9-11-3-2-6-13(11)10-14(7-8-18-13)19(15,16)12-4-5-12/h11-12H,2-10H2,1H3/t11-,13+/m0/s1. The Hall–Kier alpha value is -0.170. The number of hydrogen-bond acceptors (Lipinski definition) is 4. The minimum absolute atomic E-state index is 0.120. The van der Waals surface area contributed by atoms with Crippen molar-refractivity contribution in [2.75, 3.05) is 33.4 Å². The fourth-order valence-corrected chi connectivity index (χ4v) is 5.40. The molecule has 1 aliphatic heterocycles. The van der Waals surface area contributed by atoms with Crippen molar-refractivity contribution >= 4 is 10.0 Å². The number of sulfonamides is 1. The molecule has 0 N–H and O–H groups in total. The Morgan fingerprint density at radius 2 is 2.16 bits per heavy atom. The van der Waals surface area contributed by atoms with Gasteiger partial charge >= 0.3 is 0 Å². The van der Waals surface area contributed by atoms with Gasteiger partial charge in [0.15, 0.2) is 0 Å². The van der Waals surface area contributed by atoms with Crippen LogP contribution in [0.3, 0.4) is 0 Å². The summed E-state index contributed by atoms with van der Waals surface area (Å²) >= 11 is 0. The van der Waals surface area contributed by atoms with Gasteiger partial charge in [0.25, 0.3) is 0 Å². The summed E-state index contributed by atoms with van der Waals surface area (Å²) in [5.74, 6) is 0.328. The van der Waals surface area contributed by atoms with Gasteiger partial charge in [0, 0.05) is 26.1 Å². The second-order valence-electron chi connectivity index (χ2n) is 6.04. The second kappa shape index (κ2) is 4.98. The van der Waals surface area contributed by atoms with Crippen LogP contribution in [0, 0.1) is 5.92 Å². The van der Waals surface area contributed by atoms with E-state index in [4.69, 9.17) is 9.47 Å². The highest BCUT2D eigenvalue weighted by atomic mass is 32.2. The summed E-state index contributed by atoms with van der Waals surface area (Å²) in [7, 11) is -1.38. The Labute approximate surface area is 115 Å². The van der Waals surface area contributed by atoms with Crippen LogP contribution < -0.4 is 0 Å². The Balaban J connectivity index is 1.77. The van der Waals surface area contributed by atoms with Crippen LogP contribution in [0.2, 0.25) is 0 Å². The van der Waals surface area contributed by atoms with Gasteiger partial charge in [0.05, 0.1) is 24.1 Å². The molecule has 2 saturated carbocycles. The fraction of sp³-hybridized carbons (Fsp3) is 1.00. The molecule has 0 radical (unpaired) electrons. The van der Waals surface area contributed by atoms with E-state index in [9.17, 15) is 8.42 Å². The Morgan fingerprint density at radius 3 is 2.84 bits per heavy atom. The predicted molar refractivity (Wildman–Crippen MR) is 71.4 cm³/mol. The first-order valence-electron chi connectivity index (χ1n) is 7.20. The lowest BCUT2D eigenvalue weighted by Crippen LogP contribution is -2.56. The fourth-order valence-electron chi connectivity index (χ4n) is 3.52. The van der Waals surface area contributed by atoms with Gasteiger partial charge < -0.3 is 9.47 Å². The van der Waals surface area contributed by atoms with Gasteiger partial charge in [-0.1, -0.05) is 6.42 Å². The summed E-state index contributed by atoms with van der Waals surface area (Å²) in [4.78, 5) is 0. The Bertz CT molecular complexity index is 434. The maximum Gasteiger partial charge on any atom is 0.217 e. The maximum absolute atomic E-state index is 12.4. The summed E-state index contributed by atoms with van der Waals surface area (Å²) in [5.41, 5.74) is -0.295. The van der Waals surface area contributed by atoms with E-state index in [1.807, 2.05) is 0 Å². The topological polar surface area (TPSA) is 55.8 Å². The molecule has 5 nitrogen and oxygen atoms in total. The van der Waals surface area contributed by atoms with E-state index < -0.39 is 10.0 Å². The van der Waals surface area contributed by atoms with Gasteiger partial charge in [-0.05, 0) is 25.7 Å². The van der Waals surface area contributed by atoms with Gasteiger partial charge in [0.2, 0.25) is 10.0 Å². The molecule has 3 aliphatic rings. The highest BCUT2D eigenvalue weighted by Gasteiger charge is 2.51. The molecule has 1 spiro atoms. The zero-order valence-electron chi connectivity index (χ0n) is 11.5. The van der Waals surface area contributed by atoms with Crippen LogP contribution in [0.15, 0.2) is 0 Å². The molecular formula is C13H23NO4S. The molecule has 0 aromatic heterocycles. The monoisotopic (exact) mass is 289 g/mol. The smallest absolute Gasteiger partial charge is 0.217 e. The average Bonchev–Trinajstić information content (AvgIpc) is 3.18. The predicted octanol–water partition coefficient (Wildman–Crippen LogP) is 0.996. The first-order chi connectivity index (χ1) is 9.08. The van der Waals surface area contributed by atoms with Crippen LogP contribution in [-0.2, 0) is 19.5 Å². The molecule has 1 saturated heterocycles. The molecule has 0 amide bonds. The van der Waals surface area contributed by atoms with Crippen molar-refractivity contribution in [1.29, 1.82) is 0 Å². The van der Waals surface area contributed by atoms with Gasteiger partial charge in [-0.2, -0.15) is 4.31 Å². The van der Waals surface area contributed by atoms with Crippen LogP contribution in [0.1, 0.15) is 32.1 Å². The molecule has 2 atom stereocenters. The molecule has 6 heteroatoms. The third-order valence-corrected chi connectivity index (χ3v) is 7.09. The third-order valence-electron chi connectivity index (χ3n) is 4.74. The van der Waals surface area contributed by atoms with Crippen LogP contribution in [0.5, 0.6) is 0 Å². The number of rotatable bonds is 4. The van der Waals surface area contributed by atoms with Crippen molar-refractivity contribution in [1.82, 2.24) is 4.31 Å².